The minimum absolute atomic E-state index is 0.211. The standard InChI is InChI=1S/C12H13F3N2O4/c1-20-7-3-4-9(21-2)8(5-7)17-10(18)6-16-11(19)12(13,14)15/h3-5H,6H2,1-2H3,(H,16,19)(H,17,18). The van der Waals surface area contributed by atoms with E-state index in [0.29, 0.717) is 11.5 Å². The van der Waals surface area contributed by atoms with Gasteiger partial charge in [-0.15, -0.1) is 0 Å². The number of halogens is 3. The molecule has 116 valence electrons. The van der Waals surface area contributed by atoms with Crippen molar-refractivity contribution in [3.63, 3.8) is 0 Å². The Morgan fingerprint density at radius 1 is 1.19 bits per heavy atom. The first-order valence-electron chi connectivity index (χ1n) is 5.65. The zero-order chi connectivity index (χ0) is 16.0. The smallest absolute Gasteiger partial charge is 0.471 e. The molecule has 0 saturated heterocycles. The van der Waals surface area contributed by atoms with Gasteiger partial charge in [-0.1, -0.05) is 0 Å². The number of nitrogens with one attached hydrogen (secondary N) is 2. The lowest BCUT2D eigenvalue weighted by molar-refractivity contribution is -0.173. The maximum absolute atomic E-state index is 12.0. The molecule has 1 rings (SSSR count). The predicted octanol–water partition coefficient (Wildman–Crippen LogP) is 1.32. The van der Waals surface area contributed by atoms with Gasteiger partial charge in [0.15, 0.2) is 0 Å². The SMILES string of the molecule is COc1ccc(OC)c(NC(=O)CNC(=O)C(F)(F)F)c1. The zero-order valence-electron chi connectivity index (χ0n) is 11.2. The number of amides is 2. The van der Waals surface area contributed by atoms with E-state index in [4.69, 9.17) is 9.47 Å². The number of ether oxygens (including phenoxy) is 2. The van der Waals surface area contributed by atoms with Gasteiger partial charge in [0.1, 0.15) is 11.5 Å². The van der Waals surface area contributed by atoms with Crippen LogP contribution < -0.4 is 20.1 Å². The van der Waals surface area contributed by atoms with Crippen LogP contribution in [0.3, 0.4) is 0 Å². The van der Waals surface area contributed by atoms with Crippen LogP contribution in [-0.4, -0.2) is 38.8 Å². The second-order valence-electron chi connectivity index (χ2n) is 3.79. The number of hydrogen-bond donors (Lipinski definition) is 2. The van der Waals surface area contributed by atoms with Crippen molar-refractivity contribution in [3.05, 3.63) is 18.2 Å². The van der Waals surface area contributed by atoms with Crippen LogP contribution in [0.25, 0.3) is 0 Å². The molecule has 0 atom stereocenters. The third-order valence-electron chi connectivity index (χ3n) is 2.35. The Balaban J connectivity index is 2.68. The number of hydrogen-bond acceptors (Lipinski definition) is 4. The van der Waals surface area contributed by atoms with Crippen molar-refractivity contribution in [2.75, 3.05) is 26.1 Å². The van der Waals surface area contributed by atoms with Crippen LogP contribution in [0.1, 0.15) is 0 Å². The molecule has 0 aliphatic carbocycles. The molecule has 0 heterocycles. The molecule has 0 saturated carbocycles. The van der Waals surface area contributed by atoms with Gasteiger partial charge in [-0.25, -0.2) is 0 Å². The molecule has 0 aromatic heterocycles. The van der Waals surface area contributed by atoms with Crippen molar-refractivity contribution in [2.45, 2.75) is 6.18 Å². The van der Waals surface area contributed by atoms with Crippen LogP contribution >= 0.6 is 0 Å². The van der Waals surface area contributed by atoms with Gasteiger partial charge < -0.3 is 20.1 Å². The van der Waals surface area contributed by atoms with E-state index in [1.807, 2.05) is 0 Å². The number of methoxy groups -OCH3 is 2. The quantitative estimate of drug-likeness (QED) is 0.860. The summed E-state index contributed by atoms with van der Waals surface area (Å²) >= 11 is 0. The Morgan fingerprint density at radius 3 is 2.38 bits per heavy atom. The molecule has 1 aromatic rings. The molecule has 2 amide bonds. The molecule has 0 radical (unpaired) electrons. The average Bonchev–Trinajstić information content (AvgIpc) is 2.43. The molecule has 0 aliphatic rings. The molecule has 0 bridgehead atoms. The Labute approximate surface area is 118 Å². The van der Waals surface area contributed by atoms with Gasteiger partial charge in [0.05, 0.1) is 26.5 Å². The van der Waals surface area contributed by atoms with E-state index < -0.39 is 24.5 Å². The van der Waals surface area contributed by atoms with E-state index in [0.717, 1.165) is 0 Å². The first kappa shape index (κ1) is 16.6. The van der Waals surface area contributed by atoms with Gasteiger partial charge in [0.25, 0.3) is 0 Å². The average molecular weight is 306 g/mol. The normalized spacial score (nSPS) is 10.7. The summed E-state index contributed by atoms with van der Waals surface area (Å²) in [5, 5.41) is 3.78. The molecular weight excluding hydrogens is 293 g/mol. The number of benzene rings is 1. The highest BCUT2D eigenvalue weighted by atomic mass is 19.4. The van der Waals surface area contributed by atoms with Crippen molar-refractivity contribution < 1.29 is 32.2 Å². The molecule has 0 aliphatic heterocycles. The highest BCUT2D eigenvalue weighted by molar-refractivity contribution is 5.96. The van der Waals surface area contributed by atoms with E-state index in [2.05, 4.69) is 5.32 Å². The molecule has 0 spiro atoms. The van der Waals surface area contributed by atoms with Gasteiger partial charge in [-0.2, -0.15) is 13.2 Å². The lowest BCUT2D eigenvalue weighted by atomic mass is 10.2. The van der Waals surface area contributed by atoms with Crippen LogP contribution in [0.5, 0.6) is 11.5 Å². The molecule has 0 unspecified atom stereocenters. The predicted molar refractivity (Wildman–Crippen MR) is 67.2 cm³/mol. The van der Waals surface area contributed by atoms with Crippen molar-refractivity contribution in [3.8, 4) is 11.5 Å². The first-order valence-corrected chi connectivity index (χ1v) is 5.65. The summed E-state index contributed by atoms with van der Waals surface area (Å²) in [5.41, 5.74) is 0.211. The van der Waals surface area contributed by atoms with Gasteiger partial charge in [0, 0.05) is 6.07 Å². The Kier molecular flexibility index (Phi) is 5.39. The van der Waals surface area contributed by atoms with Crippen molar-refractivity contribution in [1.82, 2.24) is 5.32 Å². The number of carbonyl (C=O) groups is 2. The van der Waals surface area contributed by atoms with Crippen LogP contribution in [-0.2, 0) is 9.59 Å². The van der Waals surface area contributed by atoms with Crippen LogP contribution in [0, 0.1) is 0 Å². The van der Waals surface area contributed by atoms with Gasteiger partial charge in [0.2, 0.25) is 5.91 Å². The minimum atomic E-state index is -5.03. The monoisotopic (exact) mass is 306 g/mol. The highest BCUT2D eigenvalue weighted by Gasteiger charge is 2.38. The lowest BCUT2D eigenvalue weighted by Crippen LogP contribution is -2.41. The molecule has 2 N–H and O–H groups in total. The number of carbonyl (C=O) groups excluding carboxylic acids is 2. The minimum Gasteiger partial charge on any atom is -0.497 e. The van der Waals surface area contributed by atoms with E-state index in [1.54, 1.807) is 6.07 Å². The van der Waals surface area contributed by atoms with Gasteiger partial charge >= 0.3 is 12.1 Å². The van der Waals surface area contributed by atoms with Gasteiger partial charge in [-0.05, 0) is 12.1 Å². The van der Waals surface area contributed by atoms with E-state index >= 15 is 0 Å². The fourth-order valence-corrected chi connectivity index (χ4v) is 1.37. The summed E-state index contributed by atoms with van der Waals surface area (Å²) < 4.78 is 45.8. The molecule has 21 heavy (non-hydrogen) atoms. The molecule has 9 heteroatoms. The maximum Gasteiger partial charge on any atom is 0.471 e. The van der Waals surface area contributed by atoms with Crippen molar-refractivity contribution in [1.29, 1.82) is 0 Å². The summed E-state index contributed by atoms with van der Waals surface area (Å²) in [6, 6.07) is 4.53. The third-order valence-corrected chi connectivity index (χ3v) is 2.35. The van der Waals surface area contributed by atoms with Gasteiger partial charge in [-0.3, -0.25) is 9.59 Å². The van der Waals surface area contributed by atoms with Crippen molar-refractivity contribution in [2.24, 2.45) is 0 Å². The number of rotatable bonds is 5. The van der Waals surface area contributed by atoms with E-state index in [1.165, 1.54) is 31.7 Å². The Morgan fingerprint density at radius 2 is 1.86 bits per heavy atom. The zero-order valence-corrected chi connectivity index (χ0v) is 11.2. The second kappa shape index (κ2) is 6.82. The van der Waals surface area contributed by atoms with Crippen LogP contribution in [0.2, 0.25) is 0 Å². The Bertz CT molecular complexity index is 532. The van der Waals surface area contributed by atoms with E-state index in [9.17, 15) is 22.8 Å². The highest BCUT2D eigenvalue weighted by Crippen LogP contribution is 2.28. The molecule has 6 nitrogen and oxygen atoms in total. The fraction of sp³-hybridized carbons (Fsp3) is 0.333. The fourth-order valence-electron chi connectivity index (χ4n) is 1.37. The topological polar surface area (TPSA) is 76.7 Å². The van der Waals surface area contributed by atoms with Crippen LogP contribution in [0.15, 0.2) is 18.2 Å². The Hall–Kier alpha value is -2.45. The maximum atomic E-state index is 12.0. The number of anilines is 1. The largest absolute Gasteiger partial charge is 0.497 e. The lowest BCUT2D eigenvalue weighted by Gasteiger charge is -2.12. The molecule has 0 fully saturated rings. The molecular formula is C12H13F3N2O4. The first-order chi connectivity index (χ1) is 9.77. The van der Waals surface area contributed by atoms with Crippen LogP contribution in [0.4, 0.5) is 18.9 Å². The summed E-state index contributed by atoms with van der Waals surface area (Å²) in [6.07, 6.45) is -5.03. The van der Waals surface area contributed by atoms with E-state index in [-0.39, 0.29) is 5.69 Å². The summed E-state index contributed by atoms with van der Waals surface area (Å²) in [7, 11) is 2.78. The third kappa shape index (κ3) is 4.86. The second-order valence-corrected chi connectivity index (χ2v) is 3.79. The summed E-state index contributed by atoms with van der Waals surface area (Å²) in [6.45, 7) is -0.821. The summed E-state index contributed by atoms with van der Waals surface area (Å²) in [4.78, 5) is 22.1. The van der Waals surface area contributed by atoms with Crippen molar-refractivity contribution >= 4 is 17.5 Å². The summed E-state index contributed by atoms with van der Waals surface area (Å²) in [5.74, 6) is -2.30. The molecule has 1 aromatic carbocycles. The number of alkyl halides is 3.